The first-order valence-electron chi connectivity index (χ1n) is 6.55. The van der Waals surface area contributed by atoms with E-state index in [9.17, 15) is 9.59 Å². The van der Waals surface area contributed by atoms with Gasteiger partial charge in [-0.25, -0.2) is 0 Å². The van der Waals surface area contributed by atoms with Gasteiger partial charge in [-0.2, -0.15) is 0 Å². The van der Waals surface area contributed by atoms with Crippen LogP contribution in [-0.2, 0) is 4.79 Å². The smallest absolute Gasteiger partial charge is 0.254 e. The van der Waals surface area contributed by atoms with Crippen LogP contribution >= 0.6 is 11.6 Å². The lowest BCUT2D eigenvalue weighted by molar-refractivity contribution is -0.117. The summed E-state index contributed by atoms with van der Waals surface area (Å²) in [6.07, 6.45) is 2.32. The summed E-state index contributed by atoms with van der Waals surface area (Å²) < 4.78 is 0. The summed E-state index contributed by atoms with van der Waals surface area (Å²) in [5, 5.41) is 0.566. The Labute approximate surface area is 118 Å². The number of halogens is 1. The van der Waals surface area contributed by atoms with Crippen LogP contribution in [0.4, 0.5) is 0 Å². The van der Waals surface area contributed by atoms with Gasteiger partial charge in [-0.3, -0.25) is 9.59 Å². The summed E-state index contributed by atoms with van der Waals surface area (Å²) in [5.74, 6) is 0.122. The summed E-state index contributed by atoms with van der Waals surface area (Å²) >= 11 is 5.96. The zero-order valence-electron chi connectivity index (χ0n) is 11.3. The number of aryl methyl sites for hydroxylation is 1. The highest BCUT2D eigenvalue weighted by molar-refractivity contribution is 6.31. The summed E-state index contributed by atoms with van der Waals surface area (Å²) in [6, 6.07) is 5.39. The van der Waals surface area contributed by atoms with Crippen LogP contribution < -0.4 is 0 Å². The van der Waals surface area contributed by atoms with E-state index in [1.165, 1.54) is 0 Å². The van der Waals surface area contributed by atoms with Crippen molar-refractivity contribution in [2.75, 3.05) is 6.54 Å². The summed E-state index contributed by atoms with van der Waals surface area (Å²) in [6.45, 7) is 4.20. The van der Waals surface area contributed by atoms with E-state index in [2.05, 4.69) is 0 Å². The van der Waals surface area contributed by atoms with E-state index in [0.717, 1.165) is 24.9 Å². The number of nitrogens with zero attached hydrogens (tertiary/aromatic N) is 1. The predicted octanol–water partition coefficient (Wildman–Crippen LogP) is 3.23. The molecule has 0 spiro atoms. The molecule has 1 aliphatic rings. The molecule has 102 valence electrons. The van der Waals surface area contributed by atoms with Gasteiger partial charge in [-0.1, -0.05) is 17.7 Å². The lowest BCUT2D eigenvalue weighted by atomic mass is 10.1. The first-order valence-corrected chi connectivity index (χ1v) is 6.93. The van der Waals surface area contributed by atoms with Gasteiger partial charge in [-0.05, 0) is 44.4 Å². The number of carbonyl (C=O) groups is 2. The van der Waals surface area contributed by atoms with Crippen molar-refractivity contribution >= 4 is 23.3 Å². The third-order valence-corrected chi connectivity index (χ3v) is 3.83. The molecule has 1 aromatic rings. The predicted molar refractivity (Wildman–Crippen MR) is 75.5 cm³/mol. The van der Waals surface area contributed by atoms with Crippen molar-refractivity contribution < 1.29 is 9.59 Å². The minimum atomic E-state index is -0.0104. The van der Waals surface area contributed by atoms with Crippen molar-refractivity contribution in [3.63, 3.8) is 0 Å². The lowest BCUT2D eigenvalue weighted by Crippen LogP contribution is -2.36. The fraction of sp³-hybridized carbons (Fsp3) is 0.467. The molecule has 1 fully saturated rings. The Kier molecular flexibility index (Phi) is 4.25. The number of rotatable bonds is 3. The second kappa shape index (κ2) is 5.74. The summed E-state index contributed by atoms with van der Waals surface area (Å²) in [4.78, 5) is 25.7. The topological polar surface area (TPSA) is 37.4 Å². The Balaban J connectivity index is 2.23. The molecular formula is C15H18ClNO2. The van der Waals surface area contributed by atoms with Crippen molar-refractivity contribution in [3.8, 4) is 0 Å². The largest absolute Gasteiger partial charge is 0.335 e. The van der Waals surface area contributed by atoms with Gasteiger partial charge in [0.25, 0.3) is 5.91 Å². The molecule has 1 atom stereocenters. The average Bonchev–Trinajstić information content (AvgIpc) is 2.78. The maximum atomic E-state index is 12.6. The number of benzene rings is 1. The van der Waals surface area contributed by atoms with Crippen molar-refractivity contribution in [2.45, 2.75) is 39.2 Å². The van der Waals surface area contributed by atoms with E-state index < -0.39 is 0 Å². The van der Waals surface area contributed by atoms with E-state index in [-0.39, 0.29) is 17.7 Å². The van der Waals surface area contributed by atoms with Crippen LogP contribution in [0, 0.1) is 6.92 Å². The Bertz CT molecular complexity index is 513. The quantitative estimate of drug-likeness (QED) is 0.852. The number of hydrogen-bond donors (Lipinski definition) is 0. The molecule has 0 radical (unpaired) electrons. The first-order chi connectivity index (χ1) is 8.99. The molecule has 1 saturated heterocycles. The Morgan fingerprint density at radius 3 is 2.84 bits per heavy atom. The molecule has 1 unspecified atom stereocenters. The van der Waals surface area contributed by atoms with Gasteiger partial charge in [-0.15, -0.1) is 0 Å². The molecule has 2 rings (SSSR count). The molecule has 1 heterocycles. The number of amides is 1. The second-order valence-electron chi connectivity index (χ2n) is 5.16. The van der Waals surface area contributed by atoms with Gasteiger partial charge in [0.1, 0.15) is 5.78 Å². The Morgan fingerprint density at radius 1 is 1.42 bits per heavy atom. The van der Waals surface area contributed by atoms with Gasteiger partial charge in [0.05, 0.1) is 0 Å². The van der Waals surface area contributed by atoms with Crippen LogP contribution in [0.1, 0.15) is 42.1 Å². The average molecular weight is 280 g/mol. The lowest BCUT2D eigenvalue weighted by Gasteiger charge is -2.24. The molecule has 19 heavy (non-hydrogen) atoms. The Hall–Kier alpha value is -1.35. The monoisotopic (exact) mass is 279 g/mol. The molecule has 0 N–H and O–H groups in total. The molecule has 4 heteroatoms. The molecule has 1 amide bonds. The van der Waals surface area contributed by atoms with Crippen LogP contribution in [0.25, 0.3) is 0 Å². The fourth-order valence-corrected chi connectivity index (χ4v) is 2.80. The van der Waals surface area contributed by atoms with Crippen LogP contribution in [0.15, 0.2) is 18.2 Å². The molecule has 3 nitrogen and oxygen atoms in total. The van der Waals surface area contributed by atoms with Crippen molar-refractivity contribution in [3.05, 3.63) is 34.3 Å². The molecular weight excluding hydrogens is 262 g/mol. The molecule has 0 aromatic heterocycles. The highest BCUT2D eigenvalue weighted by Crippen LogP contribution is 2.25. The molecule has 0 bridgehead atoms. The molecule has 0 aliphatic carbocycles. The highest BCUT2D eigenvalue weighted by atomic mass is 35.5. The van der Waals surface area contributed by atoms with E-state index in [0.29, 0.717) is 17.0 Å². The van der Waals surface area contributed by atoms with E-state index in [1.54, 1.807) is 19.1 Å². The normalized spacial score (nSPS) is 18.7. The SMILES string of the molecule is CC(=O)CC1CCCN1C(=O)c1cc(Cl)ccc1C. The maximum absolute atomic E-state index is 12.6. The zero-order chi connectivity index (χ0) is 14.0. The van der Waals surface area contributed by atoms with Crippen LogP contribution in [-0.4, -0.2) is 29.2 Å². The molecule has 0 saturated carbocycles. The van der Waals surface area contributed by atoms with E-state index in [4.69, 9.17) is 11.6 Å². The Morgan fingerprint density at radius 2 is 2.16 bits per heavy atom. The van der Waals surface area contributed by atoms with Gasteiger partial charge >= 0.3 is 0 Å². The van der Waals surface area contributed by atoms with Crippen molar-refractivity contribution in [1.29, 1.82) is 0 Å². The molecule has 1 aromatic carbocycles. The van der Waals surface area contributed by atoms with E-state index >= 15 is 0 Å². The zero-order valence-corrected chi connectivity index (χ0v) is 12.0. The highest BCUT2D eigenvalue weighted by Gasteiger charge is 2.30. The van der Waals surface area contributed by atoms with Gasteiger partial charge < -0.3 is 4.90 Å². The van der Waals surface area contributed by atoms with Crippen molar-refractivity contribution in [1.82, 2.24) is 4.90 Å². The standard InChI is InChI=1S/C15H18ClNO2/c1-10-5-6-12(16)9-14(10)15(19)17-7-3-4-13(17)8-11(2)18/h5-6,9,13H,3-4,7-8H2,1-2H3. The number of carbonyl (C=O) groups excluding carboxylic acids is 2. The number of hydrogen-bond acceptors (Lipinski definition) is 2. The van der Waals surface area contributed by atoms with Gasteiger partial charge in [0.15, 0.2) is 0 Å². The second-order valence-corrected chi connectivity index (χ2v) is 5.60. The number of likely N-dealkylation sites (tertiary alicyclic amines) is 1. The minimum absolute atomic E-state index is 0.0104. The summed E-state index contributed by atoms with van der Waals surface area (Å²) in [5.41, 5.74) is 1.56. The van der Waals surface area contributed by atoms with Crippen molar-refractivity contribution in [2.24, 2.45) is 0 Å². The first kappa shape index (κ1) is 14.1. The third kappa shape index (κ3) is 3.16. The van der Waals surface area contributed by atoms with Crippen LogP contribution in [0.3, 0.4) is 0 Å². The minimum Gasteiger partial charge on any atom is -0.335 e. The van der Waals surface area contributed by atoms with E-state index in [1.807, 2.05) is 17.9 Å². The number of ketones is 1. The molecule has 1 aliphatic heterocycles. The van der Waals surface area contributed by atoms with Crippen LogP contribution in [0.2, 0.25) is 5.02 Å². The summed E-state index contributed by atoms with van der Waals surface area (Å²) in [7, 11) is 0. The van der Waals surface area contributed by atoms with Gasteiger partial charge in [0, 0.05) is 29.6 Å². The number of Topliss-reactive ketones (excluding diaryl/α,β-unsaturated/α-hetero) is 1. The fourth-order valence-electron chi connectivity index (χ4n) is 2.63. The maximum Gasteiger partial charge on any atom is 0.254 e. The third-order valence-electron chi connectivity index (χ3n) is 3.59. The van der Waals surface area contributed by atoms with Gasteiger partial charge in [0.2, 0.25) is 0 Å². The van der Waals surface area contributed by atoms with Crippen LogP contribution in [0.5, 0.6) is 0 Å².